The molecule has 4 aromatic rings. The molecular weight excluding hydrogens is 442 g/mol. The Balaban J connectivity index is 1.49. The van der Waals surface area contributed by atoms with Crippen molar-refractivity contribution in [3.63, 3.8) is 0 Å². The zero-order valence-electron chi connectivity index (χ0n) is 16.5. The number of carbonyl (C=O) groups is 1. The van der Waals surface area contributed by atoms with Crippen molar-refractivity contribution in [2.75, 3.05) is 5.32 Å². The molecule has 0 saturated heterocycles. The lowest BCUT2D eigenvalue weighted by molar-refractivity contribution is 0.102. The topological polar surface area (TPSA) is 80.9 Å². The Morgan fingerprint density at radius 1 is 1.23 bits per heavy atom. The highest BCUT2D eigenvalue weighted by atomic mass is 32.2. The maximum absolute atomic E-state index is 13.5. The van der Waals surface area contributed by atoms with E-state index in [0.29, 0.717) is 32.7 Å². The number of nitrogens with one attached hydrogen (secondary N) is 1. The van der Waals surface area contributed by atoms with E-state index in [4.69, 9.17) is 4.52 Å². The van der Waals surface area contributed by atoms with Gasteiger partial charge in [-0.2, -0.15) is 0 Å². The van der Waals surface area contributed by atoms with Crippen LogP contribution in [0, 0.1) is 25.5 Å². The zero-order valence-corrected chi connectivity index (χ0v) is 18.1. The standard InChI is InChI=1S/C21H16F2N4O2S2/c1-11-15(12(2)29-27-11)9-30-20-14(4-3-7-24-20)19(28)26-21-25-18(10-31-21)13-5-6-16(22)17(23)8-13/h3-8,10H,9H2,1-2H3,(H,25,26,28). The minimum Gasteiger partial charge on any atom is -0.361 e. The lowest BCUT2D eigenvalue weighted by Gasteiger charge is -2.07. The largest absolute Gasteiger partial charge is 0.361 e. The van der Waals surface area contributed by atoms with Gasteiger partial charge in [-0.25, -0.2) is 18.7 Å². The van der Waals surface area contributed by atoms with Gasteiger partial charge in [0.25, 0.3) is 5.91 Å². The summed E-state index contributed by atoms with van der Waals surface area (Å²) in [4.78, 5) is 21.5. The number of aromatic nitrogens is 3. The van der Waals surface area contributed by atoms with E-state index < -0.39 is 11.6 Å². The molecule has 3 heterocycles. The van der Waals surface area contributed by atoms with Crippen molar-refractivity contribution in [2.24, 2.45) is 0 Å². The maximum Gasteiger partial charge on any atom is 0.260 e. The van der Waals surface area contributed by atoms with Crippen LogP contribution in [0.2, 0.25) is 0 Å². The summed E-state index contributed by atoms with van der Waals surface area (Å²) in [5.41, 5.74) is 3.05. The molecule has 0 unspecified atom stereocenters. The second-order valence-electron chi connectivity index (χ2n) is 6.57. The molecule has 6 nitrogen and oxygen atoms in total. The lowest BCUT2D eigenvalue weighted by atomic mass is 10.2. The smallest absolute Gasteiger partial charge is 0.260 e. The SMILES string of the molecule is Cc1noc(C)c1CSc1ncccc1C(=O)Nc1nc(-c2ccc(F)c(F)c2)cs1. The molecule has 0 atom stereocenters. The molecule has 0 saturated carbocycles. The normalized spacial score (nSPS) is 11.0. The second-order valence-corrected chi connectivity index (χ2v) is 8.39. The minimum absolute atomic E-state index is 0.343. The molecule has 1 aromatic carbocycles. The number of halogens is 2. The number of benzene rings is 1. The van der Waals surface area contributed by atoms with Gasteiger partial charge in [0.1, 0.15) is 10.8 Å². The summed E-state index contributed by atoms with van der Waals surface area (Å²) in [5.74, 6) is -0.937. The highest BCUT2D eigenvalue weighted by molar-refractivity contribution is 7.98. The molecule has 0 spiro atoms. The summed E-state index contributed by atoms with van der Waals surface area (Å²) >= 11 is 2.60. The van der Waals surface area contributed by atoms with Gasteiger partial charge in [0.15, 0.2) is 16.8 Å². The number of carbonyl (C=O) groups excluding carboxylic acids is 1. The molecule has 0 radical (unpaired) electrons. The number of amides is 1. The van der Waals surface area contributed by atoms with Crippen LogP contribution < -0.4 is 5.32 Å². The summed E-state index contributed by atoms with van der Waals surface area (Å²) in [6.07, 6.45) is 1.62. The number of hydrogen-bond acceptors (Lipinski definition) is 7. The predicted octanol–water partition coefficient (Wildman–Crippen LogP) is 5.63. The number of anilines is 1. The molecule has 4 rings (SSSR count). The fourth-order valence-corrected chi connectivity index (χ4v) is 4.67. The molecular formula is C21H16F2N4O2S2. The third-order valence-electron chi connectivity index (χ3n) is 4.49. The van der Waals surface area contributed by atoms with Crippen molar-refractivity contribution >= 4 is 34.1 Å². The van der Waals surface area contributed by atoms with Gasteiger partial charge in [0.05, 0.1) is 17.0 Å². The molecule has 0 bridgehead atoms. The number of thioether (sulfide) groups is 1. The first-order valence-corrected chi connectivity index (χ1v) is 11.0. The van der Waals surface area contributed by atoms with Crippen LogP contribution in [0.5, 0.6) is 0 Å². The molecule has 1 N–H and O–H groups in total. The maximum atomic E-state index is 13.5. The van der Waals surface area contributed by atoms with Crippen molar-refractivity contribution < 1.29 is 18.1 Å². The Morgan fingerprint density at radius 3 is 2.81 bits per heavy atom. The van der Waals surface area contributed by atoms with Crippen molar-refractivity contribution in [1.82, 2.24) is 15.1 Å². The van der Waals surface area contributed by atoms with E-state index in [1.165, 1.54) is 29.2 Å². The molecule has 0 fully saturated rings. The van der Waals surface area contributed by atoms with Crippen molar-refractivity contribution in [3.05, 3.63) is 76.1 Å². The Hall–Kier alpha value is -3.11. The van der Waals surface area contributed by atoms with Gasteiger partial charge in [-0.3, -0.25) is 10.1 Å². The number of pyridine rings is 1. The summed E-state index contributed by atoms with van der Waals surface area (Å²) in [6, 6.07) is 6.91. The van der Waals surface area contributed by atoms with Gasteiger partial charge in [0, 0.05) is 28.5 Å². The minimum atomic E-state index is -0.952. The molecule has 0 aliphatic carbocycles. The average Bonchev–Trinajstić information content (AvgIpc) is 3.35. The quantitative estimate of drug-likeness (QED) is 0.377. The van der Waals surface area contributed by atoms with Crippen LogP contribution in [-0.4, -0.2) is 21.0 Å². The van der Waals surface area contributed by atoms with E-state index in [1.54, 1.807) is 23.7 Å². The molecule has 31 heavy (non-hydrogen) atoms. The van der Waals surface area contributed by atoms with E-state index in [-0.39, 0.29) is 5.91 Å². The summed E-state index contributed by atoms with van der Waals surface area (Å²) in [7, 11) is 0. The first-order valence-electron chi connectivity index (χ1n) is 9.14. The van der Waals surface area contributed by atoms with Crippen LogP contribution in [0.25, 0.3) is 11.3 Å². The third kappa shape index (κ3) is 4.64. The highest BCUT2D eigenvalue weighted by Crippen LogP contribution is 2.29. The Labute approximate surface area is 184 Å². The van der Waals surface area contributed by atoms with Crippen LogP contribution in [-0.2, 0) is 5.75 Å². The lowest BCUT2D eigenvalue weighted by Crippen LogP contribution is -2.13. The Bertz CT molecular complexity index is 1240. The second kappa shape index (κ2) is 8.94. The molecule has 10 heteroatoms. The molecule has 3 aromatic heterocycles. The van der Waals surface area contributed by atoms with Gasteiger partial charge in [-0.15, -0.1) is 23.1 Å². The van der Waals surface area contributed by atoms with Gasteiger partial charge in [-0.05, 0) is 44.2 Å². The number of hydrogen-bond donors (Lipinski definition) is 1. The molecule has 1 amide bonds. The van der Waals surface area contributed by atoms with Gasteiger partial charge >= 0.3 is 0 Å². The van der Waals surface area contributed by atoms with E-state index in [2.05, 4.69) is 20.4 Å². The van der Waals surface area contributed by atoms with Gasteiger partial charge in [0.2, 0.25) is 0 Å². The summed E-state index contributed by atoms with van der Waals surface area (Å²) < 4.78 is 31.8. The number of aryl methyl sites for hydroxylation is 2. The first kappa shape index (κ1) is 21.1. The van der Waals surface area contributed by atoms with Crippen LogP contribution >= 0.6 is 23.1 Å². The Kier molecular flexibility index (Phi) is 6.10. The number of thiazole rings is 1. The molecule has 0 aliphatic rings. The van der Waals surface area contributed by atoms with Gasteiger partial charge < -0.3 is 4.52 Å². The fourth-order valence-electron chi connectivity index (χ4n) is 2.81. The van der Waals surface area contributed by atoms with Crippen LogP contribution in [0.4, 0.5) is 13.9 Å². The summed E-state index contributed by atoms with van der Waals surface area (Å²) in [5, 5.41) is 9.26. The van der Waals surface area contributed by atoms with E-state index in [1.807, 2.05) is 13.8 Å². The fraction of sp³-hybridized carbons (Fsp3) is 0.143. The monoisotopic (exact) mass is 458 g/mol. The Morgan fingerprint density at radius 2 is 2.06 bits per heavy atom. The summed E-state index contributed by atoms with van der Waals surface area (Å²) in [6.45, 7) is 3.71. The predicted molar refractivity (Wildman–Crippen MR) is 115 cm³/mol. The first-order chi connectivity index (χ1) is 14.9. The van der Waals surface area contributed by atoms with E-state index >= 15 is 0 Å². The molecule has 0 aliphatic heterocycles. The van der Waals surface area contributed by atoms with Gasteiger partial charge in [-0.1, -0.05) is 5.16 Å². The van der Waals surface area contributed by atoms with E-state index in [0.717, 1.165) is 29.2 Å². The van der Waals surface area contributed by atoms with Crippen molar-refractivity contribution in [1.29, 1.82) is 0 Å². The number of rotatable bonds is 6. The molecule has 158 valence electrons. The van der Waals surface area contributed by atoms with Crippen LogP contribution in [0.1, 0.15) is 27.4 Å². The van der Waals surface area contributed by atoms with Crippen molar-refractivity contribution in [3.8, 4) is 11.3 Å². The van der Waals surface area contributed by atoms with Crippen LogP contribution in [0.3, 0.4) is 0 Å². The number of nitrogens with zero attached hydrogens (tertiary/aromatic N) is 3. The highest BCUT2D eigenvalue weighted by Gasteiger charge is 2.17. The van der Waals surface area contributed by atoms with Crippen LogP contribution in [0.15, 0.2) is 51.5 Å². The average molecular weight is 459 g/mol. The van der Waals surface area contributed by atoms with Crippen molar-refractivity contribution in [2.45, 2.75) is 24.6 Å². The third-order valence-corrected chi connectivity index (χ3v) is 6.28. The van der Waals surface area contributed by atoms with E-state index in [9.17, 15) is 13.6 Å². The zero-order chi connectivity index (χ0) is 22.0.